The summed E-state index contributed by atoms with van der Waals surface area (Å²) in [5.41, 5.74) is 2.65. The molecule has 4 heterocycles. The summed E-state index contributed by atoms with van der Waals surface area (Å²) >= 11 is 1.77. The van der Waals surface area contributed by atoms with Gasteiger partial charge >= 0.3 is 0 Å². The molecule has 0 aromatic carbocycles. The SMILES string of the molecule is Cc1ccn(CC2CCCO2)c(=O)c1C(=O)Nc1c2c(nn1C)CSC2. The average molecular weight is 374 g/mol. The lowest BCUT2D eigenvalue weighted by Gasteiger charge is -2.14. The molecule has 1 unspecified atom stereocenters. The van der Waals surface area contributed by atoms with Gasteiger partial charge in [-0.2, -0.15) is 16.9 Å². The number of amides is 1. The second kappa shape index (κ2) is 6.92. The van der Waals surface area contributed by atoms with Crippen LogP contribution in [-0.2, 0) is 29.8 Å². The van der Waals surface area contributed by atoms with E-state index in [1.807, 2.05) is 13.1 Å². The molecule has 0 spiro atoms. The third-order valence-electron chi connectivity index (χ3n) is 4.97. The van der Waals surface area contributed by atoms with Gasteiger partial charge in [0.1, 0.15) is 11.4 Å². The first-order chi connectivity index (χ1) is 12.5. The van der Waals surface area contributed by atoms with Gasteiger partial charge in [0.05, 0.1) is 18.3 Å². The van der Waals surface area contributed by atoms with E-state index in [0.29, 0.717) is 17.9 Å². The average Bonchev–Trinajstić information content (AvgIpc) is 3.31. The van der Waals surface area contributed by atoms with Crippen LogP contribution in [0.3, 0.4) is 0 Å². The fraction of sp³-hybridized carbons (Fsp3) is 0.500. The molecule has 2 aliphatic heterocycles. The van der Waals surface area contributed by atoms with Crippen molar-refractivity contribution < 1.29 is 9.53 Å². The van der Waals surface area contributed by atoms with E-state index in [0.717, 1.165) is 42.2 Å². The van der Waals surface area contributed by atoms with Crippen LogP contribution in [0.2, 0.25) is 0 Å². The van der Waals surface area contributed by atoms with Gasteiger partial charge in [0.25, 0.3) is 11.5 Å². The van der Waals surface area contributed by atoms with Crippen molar-refractivity contribution in [3.63, 3.8) is 0 Å². The second-order valence-corrected chi connectivity index (χ2v) is 7.80. The zero-order valence-corrected chi connectivity index (χ0v) is 15.8. The summed E-state index contributed by atoms with van der Waals surface area (Å²) in [7, 11) is 1.81. The predicted molar refractivity (Wildman–Crippen MR) is 101 cm³/mol. The van der Waals surface area contributed by atoms with Crippen molar-refractivity contribution in [1.82, 2.24) is 14.3 Å². The number of aryl methyl sites for hydroxylation is 2. The van der Waals surface area contributed by atoms with Crippen molar-refractivity contribution in [1.29, 1.82) is 0 Å². The summed E-state index contributed by atoms with van der Waals surface area (Å²) in [5.74, 6) is 1.99. The smallest absolute Gasteiger partial charge is 0.263 e. The van der Waals surface area contributed by atoms with E-state index in [2.05, 4.69) is 10.4 Å². The maximum Gasteiger partial charge on any atom is 0.263 e. The Morgan fingerprint density at radius 2 is 2.31 bits per heavy atom. The Morgan fingerprint density at radius 1 is 1.46 bits per heavy atom. The van der Waals surface area contributed by atoms with Gasteiger partial charge in [-0.05, 0) is 31.4 Å². The van der Waals surface area contributed by atoms with Crippen molar-refractivity contribution in [2.45, 2.75) is 43.9 Å². The number of anilines is 1. The van der Waals surface area contributed by atoms with Crippen LogP contribution in [0.25, 0.3) is 0 Å². The van der Waals surface area contributed by atoms with Crippen molar-refractivity contribution in [3.05, 3.63) is 45.0 Å². The Morgan fingerprint density at radius 3 is 3.08 bits per heavy atom. The molecule has 0 aliphatic carbocycles. The Hall–Kier alpha value is -2.06. The number of carbonyl (C=O) groups excluding carboxylic acids is 1. The second-order valence-electron chi connectivity index (χ2n) is 6.81. The Balaban J connectivity index is 1.62. The highest BCUT2D eigenvalue weighted by atomic mass is 32.2. The fourth-order valence-electron chi connectivity index (χ4n) is 3.56. The number of hydrogen-bond acceptors (Lipinski definition) is 5. The van der Waals surface area contributed by atoms with Gasteiger partial charge < -0.3 is 14.6 Å². The first-order valence-corrected chi connectivity index (χ1v) is 9.95. The van der Waals surface area contributed by atoms with Gasteiger partial charge in [-0.15, -0.1) is 0 Å². The fourth-order valence-corrected chi connectivity index (χ4v) is 4.59. The van der Waals surface area contributed by atoms with E-state index in [9.17, 15) is 9.59 Å². The molecule has 0 radical (unpaired) electrons. The summed E-state index contributed by atoms with van der Waals surface area (Å²) < 4.78 is 8.89. The number of fused-ring (bicyclic) bond motifs is 1. The molecule has 26 heavy (non-hydrogen) atoms. The molecule has 0 bridgehead atoms. The molecule has 7 nitrogen and oxygen atoms in total. The van der Waals surface area contributed by atoms with Crippen molar-refractivity contribution in [3.8, 4) is 0 Å². The number of carbonyl (C=O) groups is 1. The first-order valence-electron chi connectivity index (χ1n) is 8.80. The molecule has 1 fully saturated rings. The first kappa shape index (κ1) is 17.4. The summed E-state index contributed by atoms with van der Waals surface area (Å²) in [6.45, 7) is 3.01. The predicted octanol–water partition coefficient (Wildman–Crippen LogP) is 2.07. The highest BCUT2D eigenvalue weighted by Gasteiger charge is 2.25. The summed E-state index contributed by atoms with van der Waals surface area (Å²) in [6.07, 6.45) is 3.75. The molecular formula is C18H22N4O3S. The van der Waals surface area contributed by atoms with E-state index in [1.54, 1.807) is 34.1 Å². The monoisotopic (exact) mass is 374 g/mol. The highest BCUT2D eigenvalue weighted by molar-refractivity contribution is 7.98. The lowest BCUT2D eigenvalue weighted by Crippen LogP contribution is -2.33. The number of rotatable bonds is 4. The molecule has 1 atom stereocenters. The summed E-state index contributed by atoms with van der Waals surface area (Å²) in [5, 5.41) is 7.36. The van der Waals surface area contributed by atoms with Gasteiger partial charge in [0, 0.05) is 36.9 Å². The molecule has 8 heteroatoms. The van der Waals surface area contributed by atoms with Crippen LogP contribution < -0.4 is 10.9 Å². The van der Waals surface area contributed by atoms with E-state index < -0.39 is 0 Å². The number of nitrogens with zero attached hydrogens (tertiary/aromatic N) is 3. The number of aromatic nitrogens is 3. The van der Waals surface area contributed by atoms with Crippen molar-refractivity contribution in [2.75, 3.05) is 11.9 Å². The summed E-state index contributed by atoms with van der Waals surface area (Å²) in [4.78, 5) is 25.8. The maximum absolute atomic E-state index is 12.9. The van der Waals surface area contributed by atoms with Gasteiger partial charge in [-0.25, -0.2) is 0 Å². The van der Waals surface area contributed by atoms with Gasteiger partial charge in [-0.3, -0.25) is 14.3 Å². The van der Waals surface area contributed by atoms with Gasteiger partial charge in [0.2, 0.25) is 0 Å². The van der Waals surface area contributed by atoms with E-state index in [-0.39, 0.29) is 23.1 Å². The number of nitrogens with one attached hydrogen (secondary N) is 1. The summed E-state index contributed by atoms with van der Waals surface area (Å²) in [6, 6.07) is 1.81. The van der Waals surface area contributed by atoms with Crippen LogP contribution in [0, 0.1) is 6.92 Å². The Labute approximate surface area is 155 Å². The number of pyridine rings is 1. The van der Waals surface area contributed by atoms with E-state index in [1.165, 1.54) is 0 Å². The van der Waals surface area contributed by atoms with Crippen molar-refractivity contribution in [2.24, 2.45) is 7.05 Å². The van der Waals surface area contributed by atoms with E-state index in [4.69, 9.17) is 4.74 Å². The molecule has 4 rings (SSSR count). The van der Waals surface area contributed by atoms with Crippen LogP contribution in [0.15, 0.2) is 17.1 Å². The van der Waals surface area contributed by atoms with Gasteiger partial charge in [-0.1, -0.05) is 0 Å². The minimum Gasteiger partial charge on any atom is -0.376 e. The zero-order chi connectivity index (χ0) is 18.3. The lowest BCUT2D eigenvalue weighted by molar-refractivity contribution is 0.0952. The Bertz CT molecular complexity index is 912. The minimum atomic E-state index is -0.378. The van der Waals surface area contributed by atoms with Gasteiger partial charge in [0.15, 0.2) is 0 Å². The molecule has 1 saturated heterocycles. The molecule has 138 valence electrons. The molecule has 1 N–H and O–H groups in total. The third kappa shape index (κ3) is 3.07. The largest absolute Gasteiger partial charge is 0.376 e. The van der Waals surface area contributed by atoms with Crippen LogP contribution in [0.5, 0.6) is 0 Å². The topological polar surface area (TPSA) is 78.2 Å². The highest BCUT2D eigenvalue weighted by Crippen LogP contribution is 2.34. The molecule has 2 aliphatic rings. The standard InChI is InChI=1S/C18H22N4O3S/c1-11-5-6-22(8-12-4-3-7-25-12)18(24)15(11)17(23)19-16-13-9-26-10-14(13)20-21(16)2/h5-6,12H,3-4,7-10H2,1-2H3,(H,19,23). The molecule has 0 saturated carbocycles. The third-order valence-corrected chi connectivity index (χ3v) is 5.94. The molecule has 1 amide bonds. The maximum atomic E-state index is 12.9. The molecular weight excluding hydrogens is 352 g/mol. The van der Waals surface area contributed by atoms with Crippen LogP contribution >= 0.6 is 11.8 Å². The number of ether oxygens (including phenoxy) is 1. The zero-order valence-electron chi connectivity index (χ0n) is 14.9. The normalized spacial score (nSPS) is 18.9. The Kier molecular flexibility index (Phi) is 4.62. The molecule has 2 aromatic rings. The number of hydrogen-bond donors (Lipinski definition) is 1. The number of thioether (sulfide) groups is 1. The van der Waals surface area contributed by atoms with E-state index >= 15 is 0 Å². The molecule has 2 aromatic heterocycles. The van der Waals surface area contributed by atoms with Crippen LogP contribution in [-0.4, -0.2) is 33.0 Å². The quantitative estimate of drug-likeness (QED) is 0.886. The lowest BCUT2D eigenvalue weighted by atomic mass is 10.1. The van der Waals surface area contributed by atoms with Crippen LogP contribution in [0.4, 0.5) is 5.82 Å². The van der Waals surface area contributed by atoms with Crippen LogP contribution in [0.1, 0.15) is 40.0 Å². The van der Waals surface area contributed by atoms with Crippen molar-refractivity contribution >= 4 is 23.5 Å². The minimum absolute atomic E-state index is 0.0451.